The second kappa shape index (κ2) is 8.58. The average Bonchev–Trinajstić information content (AvgIpc) is 2.71. The van der Waals surface area contributed by atoms with Gasteiger partial charge in [0.25, 0.3) is 0 Å². The van der Waals surface area contributed by atoms with Gasteiger partial charge in [0.15, 0.2) is 11.6 Å². The number of nitrogens with one attached hydrogen (secondary N) is 4. The Hall–Kier alpha value is -4.01. The summed E-state index contributed by atoms with van der Waals surface area (Å²) in [7, 11) is 1.77. The fourth-order valence-corrected chi connectivity index (χ4v) is 2.26. The Morgan fingerprint density at radius 1 is 1.07 bits per heavy atom. The van der Waals surface area contributed by atoms with Gasteiger partial charge in [-0.1, -0.05) is 12.6 Å². The molecule has 2 aromatic heterocycles. The number of pyridine rings is 1. The Morgan fingerprint density at radius 3 is 2.61 bits per heavy atom. The standard InChI is InChI=1S/C19H18FN7O/c1-3-17(28)24-12-5-4-6-13(9-12)25-18-15(20)11-23-19(27-18)26-14-7-8-16(21-2)22-10-14/h3-11H,1H2,2H3,(H,21,22)(H,24,28)(H2,23,25,26,27). The van der Waals surface area contributed by atoms with Gasteiger partial charge in [-0.2, -0.15) is 4.98 Å². The van der Waals surface area contributed by atoms with Crippen LogP contribution >= 0.6 is 0 Å². The maximum atomic E-state index is 14.1. The first kappa shape index (κ1) is 18.8. The Kier molecular flexibility index (Phi) is 5.75. The van der Waals surface area contributed by atoms with Crippen molar-refractivity contribution in [3.63, 3.8) is 0 Å². The molecule has 0 saturated carbocycles. The van der Waals surface area contributed by atoms with Crippen LogP contribution in [-0.4, -0.2) is 27.9 Å². The van der Waals surface area contributed by atoms with Crippen molar-refractivity contribution >= 4 is 40.6 Å². The van der Waals surface area contributed by atoms with E-state index < -0.39 is 5.82 Å². The van der Waals surface area contributed by atoms with E-state index in [1.165, 1.54) is 6.08 Å². The number of hydrogen-bond donors (Lipinski definition) is 4. The SMILES string of the molecule is C=CC(=O)Nc1cccc(Nc2nc(Nc3ccc(NC)nc3)ncc2F)c1. The molecule has 0 atom stereocenters. The lowest BCUT2D eigenvalue weighted by Gasteiger charge is -2.11. The van der Waals surface area contributed by atoms with Crippen LogP contribution in [0.5, 0.6) is 0 Å². The fraction of sp³-hybridized carbons (Fsp3) is 0.0526. The number of anilines is 6. The summed E-state index contributed by atoms with van der Waals surface area (Å²) >= 11 is 0. The van der Waals surface area contributed by atoms with Crippen molar-refractivity contribution < 1.29 is 9.18 Å². The maximum absolute atomic E-state index is 14.1. The van der Waals surface area contributed by atoms with E-state index in [2.05, 4.69) is 42.8 Å². The van der Waals surface area contributed by atoms with Crippen LogP contribution in [0.2, 0.25) is 0 Å². The third kappa shape index (κ3) is 4.79. The molecule has 0 fully saturated rings. The minimum absolute atomic E-state index is 0.00972. The number of aromatic nitrogens is 3. The smallest absolute Gasteiger partial charge is 0.247 e. The van der Waals surface area contributed by atoms with E-state index in [0.717, 1.165) is 12.0 Å². The van der Waals surface area contributed by atoms with Gasteiger partial charge in [0.05, 0.1) is 18.1 Å². The van der Waals surface area contributed by atoms with Gasteiger partial charge in [-0.25, -0.2) is 14.4 Å². The van der Waals surface area contributed by atoms with E-state index in [4.69, 9.17) is 0 Å². The Morgan fingerprint density at radius 2 is 1.89 bits per heavy atom. The number of benzene rings is 1. The first-order valence-electron chi connectivity index (χ1n) is 8.31. The van der Waals surface area contributed by atoms with Crippen LogP contribution in [0.25, 0.3) is 0 Å². The van der Waals surface area contributed by atoms with E-state index in [9.17, 15) is 9.18 Å². The molecule has 0 radical (unpaired) electrons. The van der Waals surface area contributed by atoms with Gasteiger partial charge >= 0.3 is 0 Å². The second-order valence-electron chi connectivity index (χ2n) is 5.60. The second-order valence-corrected chi connectivity index (χ2v) is 5.60. The van der Waals surface area contributed by atoms with Crippen molar-refractivity contribution in [1.29, 1.82) is 0 Å². The summed E-state index contributed by atoms with van der Waals surface area (Å²) in [5.74, 6) is -0.0376. The van der Waals surface area contributed by atoms with Gasteiger partial charge in [-0.05, 0) is 36.4 Å². The quantitative estimate of drug-likeness (QED) is 0.464. The van der Waals surface area contributed by atoms with Crippen LogP contribution in [0, 0.1) is 5.82 Å². The maximum Gasteiger partial charge on any atom is 0.247 e. The Bertz CT molecular complexity index is 992. The lowest BCUT2D eigenvalue weighted by atomic mass is 10.2. The molecule has 0 aliphatic heterocycles. The molecule has 3 rings (SSSR count). The minimum atomic E-state index is -0.616. The molecule has 28 heavy (non-hydrogen) atoms. The van der Waals surface area contributed by atoms with Crippen LogP contribution in [0.1, 0.15) is 0 Å². The van der Waals surface area contributed by atoms with Crippen molar-refractivity contribution in [2.75, 3.05) is 28.3 Å². The van der Waals surface area contributed by atoms with E-state index in [1.54, 1.807) is 49.6 Å². The van der Waals surface area contributed by atoms with Crippen LogP contribution < -0.4 is 21.3 Å². The third-order valence-corrected chi connectivity index (χ3v) is 3.60. The third-order valence-electron chi connectivity index (χ3n) is 3.60. The monoisotopic (exact) mass is 379 g/mol. The highest BCUT2D eigenvalue weighted by molar-refractivity contribution is 5.99. The number of carbonyl (C=O) groups is 1. The first-order valence-corrected chi connectivity index (χ1v) is 8.31. The number of halogens is 1. The molecule has 0 aliphatic carbocycles. The minimum Gasteiger partial charge on any atom is -0.373 e. The highest BCUT2D eigenvalue weighted by atomic mass is 19.1. The van der Waals surface area contributed by atoms with Gasteiger partial charge in [-0.15, -0.1) is 0 Å². The molecule has 0 unspecified atom stereocenters. The molecule has 9 heteroatoms. The van der Waals surface area contributed by atoms with Crippen molar-refractivity contribution in [1.82, 2.24) is 15.0 Å². The average molecular weight is 379 g/mol. The summed E-state index contributed by atoms with van der Waals surface area (Å²) in [5.41, 5.74) is 1.74. The molecule has 4 N–H and O–H groups in total. The Balaban J connectivity index is 1.77. The van der Waals surface area contributed by atoms with E-state index in [-0.39, 0.29) is 17.7 Å². The van der Waals surface area contributed by atoms with Gasteiger partial charge in [-0.3, -0.25) is 4.79 Å². The summed E-state index contributed by atoms with van der Waals surface area (Å²) in [6.07, 6.45) is 3.84. The number of nitrogens with zero attached hydrogens (tertiary/aromatic N) is 3. The normalized spacial score (nSPS) is 10.1. The van der Waals surface area contributed by atoms with Crippen LogP contribution in [0.3, 0.4) is 0 Å². The number of hydrogen-bond acceptors (Lipinski definition) is 7. The summed E-state index contributed by atoms with van der Waals surface area (Å²) in [4.78, 5) is 23.7. The molecular weight excluding hydrogens is 361 g/mol. The molecule has 0 spiro atoms. The molecule has 0 bridgehead atoms. The van der Waals surface area contributed by atoms with Crippen molar-refractivity contribution in [3.8, 4) is 0 Å². The van der Waals surface area contributed by atoms with Crippen molar-refractivity contribution in [2.24, 2.45) is 0 Å². The first-order chi connectivity index (χ1) is 13.6. The lowest BCUT2D eigenvalue weighted by Crippen LogP contribution is -2.07. The summed E-state index contributed by atoms with van der Waals surface area (Å²) < 4.78 is 14.1. The zero-order valence-corrected chi connectivity index (χ0v) is 15.0. The topological polar surface area (TPSA) is 104 Å². The van der Waals surface area contributed by atoms with Crippen LogP contribution in [-0.2, 0) is 4.79 Å². The molecular formula is C19H18FN7O. The number of rotatable bonds is 7. The largest absolute Gasteiger partial charge is 0.373 e. The van der Waals surface area contributed by atoms with Gasteiger partial charge < -0.3 is 21.3 Å². The molecule has 3 aromatic rings. The fourth-order valence-electron chi connectivity index (χ4n) is 2.26. The highest BCUT2D eigenvalue weighted by Crippen LogP contribution is 2.22. The number of amides is 1. The molecule has 8 nitrogen and oxygen atoms in total. The lowest BCUT2D eigenvalue weighted by molar-refractivity contribution is -0.111. The van der Waals surface area contributed by atoms with Crippen molar-refractivity contribution in [2.45, 2.75) is 0 Å². The van der Waals surface area contributed by atoms with Gasteiger partial charge in [0, 0.05) is 18.4 Å². The molecule has 0 saturated heterocycles. The van der Waals surface area contributed by atoms with E-state index >= 15 is 0 Å². The highest BCUT2D eigenvalue weighted by Gasteiger charge is 2.09. The molecule has 2 heterocycles. The predicted molar refractivity (Wildman–Crippen MR) is 108 cm³/mol. The zero-order chi connectivity index (χ0) is 19.9. The zero-order valence-electron chi connectivity index (χ0n) is 15.0. The molecule has 142 valence electrons. The van der Waals surface area contributed by atoms with Gasteiger partial charge in [0.1, 0.15) is 5.82 Å². The van der Waals surface area contributed by atoms with Crippen molar-refractivity contribution in [3.05, 3.63) is 67.3 Å². The van der Waals surface area contributed by atoms with Crippen LogP contribution in [0.4, 0.5) is 39.0 Å². The molecule has 1 amide bonds. The van der Waals surface area contributed by atoms with E-state index in [1.807, 2.05) is 0 Å². The molecule has 1 aromatic carbocycles. The summed E-state index contributed by atoms with van der Waals surface area (Å²) in [6.45, 7) is 3.40. The Labute approximate surface area is 161 Å². The predicted octanol–water partition coefficient (Wildman–Crippen LogP) is 3.66. The molecule has 0 aliphatic rings. The summed E-state index contributed by atoms with van der Waals surface area (Å²) in [5, 5.41) is 11.4. The van der Waals surface area contributed by atoms with Gasteiger partial charge in [0.2, 0.25) is 11.9 Å². The van der Waals surface area contributed by atoms with E-state index in [0.29, 0.717) is 17.1 Å². The van der Waals surface area contributed by atoms with Crippen LogP contribution in [0.15, 0.2) is 61.4 Å². The summed E-state index contributed by atoms with van der Waals surface area (Å²) in [6, 6.07) is 10.4. The number of carbonyl (C=O) groups excluding carboxylic acids is 1.